The van der Waals surface area contributed by atoms with E-state index in [1.165, 1.54) is 70.8 Å². The molecule has 1 fully saturated rings. The number of hydrogen-bond acceptors (Lipinski definition) is 3. The first-order chi connectivity index (χ1) is 11.1. The molecular formula is C16H30F3NO3S. The van der Waals surface area contributed by atoms with E-state index in [1.54, 1.807) is 5.70 Å². The molecule has 1 rings (SSSR count). The molecule has 0 bridgehead atoms. The third-order valence-electron chi connectivity index (χ3n) is 3.90. The minimum absolute atomic E-state index is 1.27. The van der Waals surface area contributed by atoms with Crippen molar-refractivity contribution in [2.45, 2.75) is 76.6 Å². The summed E-state index contributed by atoms with van der Waals surface area (Å²) in [6.45, 7) is 3.55. The Hall–Kier alpha value is -0.760. The highest BCUT2D eigenvalue weighted by Gasteiger charge is 2.44. The lowest BCUT2D eigenvalue weighted by Crippen LogP contribution is -2.21. The second kappa shape index (κ2) is 11.7. The van der Waals surface area contributed by atoms with E-state index in [2.05, 4.69) is 24.9 Å². The molecule has 4 nitrogen and oxygen atoms in total. The standard InChI is InChI=1S/C15H29N.CHF3O3S/c1-3-4-5-6-7-8-9-10-12-15-13-11-14-16(15)2;2-1(3,4)8(5,6)7/h12H,3-11,13-14H2,1-2H3;(H,5,6,7). The maximum Gasteiger partial charge on any atom is 0.522 e. The van der Waals surface area contributed by atoms with Crippen LogP contribution in [0.15, 0.2) is 11.8 Å². The van der Waals surface area contributed by atoms with Gasteiger partial charge in [-0.25, -0.2) is 0 Å². The highest BCUT2D eigenvalue weighted by atomic mass is 32.2. The lowest BCUT2D eigenvalue weighted by Gasteiger charge is -2.12. The van der Waals surface area contributed by atoms with Crippen LogP contribution in [0.1, 0.15) is 71.1 Å². The topological polar surface area (TPSA) is 57.6 Å². The average Bonchev–Trinajstić information content (AvgIpc) is 2.86. The lowest BCUT2D eigenvalue weighted by atomic mass is 10.1. The maximum atomic E-state index is 10.7. The summed E-state index contributed by atoms with van der Waals surface area (Å²) in [5, 5.41) is 0. The van der Waals surface area contributed by atoms with Crippen LogP contribution >= 0.6 is 0 Å². The summed E-state index contributed by atoms with van der Waals surface area (Å²) < 4.78 is 57.5. The zero-order chi connectivity index (χ0) is 18.6. The molecule has 0 unspecified atom stereocenters. The highest BCUT2D eigenvalue weighted by Crippen LogP contribution is 2.21. The van der Waals surface area contributed by atoms with Gasteiger partial charge in [0, 0.05) is 19.3 Å². The van der Waals surface area contributed by atoms with Crippen molar-refractivity contribution < 1.29 is 26.1 Å². The highest BCUT2D eigenvalue weighted by molar-refractivity contribution is 7.86. The minimum atomic E-state index is -5.84. The maximum absolute atomic E-state index is 10.7. The van der Waals surface area contributed by atoms with Gasteiger partial charge in [-0.2, -0.15) is 21.6 Å². The van der Waals surface area contributed by atoms with Gasteiger partial charge in [0.2, 0.25) is 0 Å². The van der Waals surface area contributed by atoms with E-state index in [0.717, 1.165) is 0 Å². The first-order valence-electron chi connectivity index (χ1n) is 8.53. The van der Waals surface area contributed by atoms with Crippen LogP contribution in [0.25, 0.3) is 0 Å². The molecule has 0 aromatic heterocycles. The van der Waals surface area contributed by atoms with E-state index in [1.807, 2.05) is 0 Å². The Morgan fingerprint density at radius 3 is 2.04 bits per heavy atom. The number of likely N-dealkylation sites (tertiary alicyclic amines) is 1. The fraction of sp³-hybridized carbons (Fsp3) is 0.875. The first kappa shape index (κ1) is 23.2. The molecular weight excluding hydrogens is 343 g/mol. The van der Waals surface area contributed by atoms with Gasteiger partial charge in [-0.15, -0.1) is 0 Å². The molecule has 1 N–H and O–H groups in total. The van der Waals surface area contributed by atoms with Crippen molar-refractivity contribution in [2.75, 3.05) is 13.6 Å². The molecule has 1 aliphatic rings. The molecule has 1 saturated heterocycles. The van der Waals surface area contributed by atoms with E-state index in [9.17, 15) is 13.2 Å². The summed E-state index contributed by atoms with van der Waals surface area (Å²) in [6, 6.07) is 0. The second-order valence-corrected chi connectivity index (χ2v) is 7.46. The minimum Gasteiger partial charge on any atom is -0.378 e. The molecule has 8 heteroatoms. The first-order valence-corrected chi connectivity index (χ1v) is 9.97. The van der Waals surface area contributed by atoms with Crippen molar-refractivity contribution in [3.63, 3.8) is 0 Å². The smallest absolute Gasteiger partial charge is 0.378 e. The Bertz CT molecular complexity index is 462. The van der Waals surface area contributed by atoms with Crippen molar-refractivity contribution in [2.24, 2.45) is 0 Å². The molecule has 0 aliphatic carbocycles. The summed E-state index contributed by atoms with van der Waals surface area (Å²) in [5.74, 6) is 0. The van der Waals surface area contributed by atoms with E-state index in [0.29, 0.717) is 0 Å². The van der Waals surface area contributed by atoms with Gasteiger partial charge in [-0.05, 0) is 25.7 Å². The Balaban J connectivity index is 0.000000561. The van der Waals surface area contributed by atoms with Gasteiger partial charge >= 0.3 is 15.6 Å². The molecule has 144 valence electrons. The number of halogens is 3. The van der Waals surface area contributed by atoms with Crippen LogP contribution in [-0.2, 0) is 10.1 Å². The van der Waals surface area contributed by atoms with E-state index in [4.69, 9.17) is 13.0 Å². The molecule has 0 saturated carbocycles. The average molecular weight is 373 g/mol. The lowest BCUT2D eigenvalue weighted by molar-refractivity contribution is -0.0510. The quantitative estimate of drug-likeness (QED) is 0.364. The van der Waals surface area contributed by atoms with E-state index in [-0.39, 0.29) is 0 Å². The second-order valence-electron chi connectivity index (χ2n) is 6.05. The number of allylic oxidation sites excluding steroid dienone is 2. The van der Waals surface area contributed by atoms with Crippen molar-refractivity contribution in [1.82, 2.24) is 4.90 Å². The molecule has 24 heavy (non-hydrogen) atoms. The molecule has 0 aromatic carbocycles. The van der Waals surface area contributed by atoms with E-state index < -0.39 is 15.6 Å². The van der Waals surface area contributed by atoms with Gasteiger partial charge in [0.15, 0.2) is 0 Å². The number of nitrogens with zero attached hydrogens (tertiary/aromatic N) is 1. The zero-order valence-electron chi connectivity index (χ0n) is 14.6. The van der Waals surface area contributed by atoms with E-state index >= 15 is 0 Å². The molecule has 1 heterocycles. The van der Waals surface area contributed by atoms with Crippen LogP contribution < -0.4 is 0 Å². The fourth-order valence-electron chi connectivity index (χ4n) is 2.46. The van der Waals surface area contributed by atoms with Crippen LogP contribution in [0.5, 0.6) is 0 Å². The number of hydrogen-bond donors (Lipinski definition) is 1. The molecule has 0 atom stereocenters. The Morgan fingerprint density at radius 1 is 1.12 bits per heavy atom. The summed E-state index contributed by atoms with van der Waals surface area (Å²) >= 11 is 0. The van der Waals surface area contributed by atoms with Gasteiger partial charge in [-0.1, -0.05) is 51.5 Å². The number of alkyl halides is 3. The Labute approximate surface area is 143 Å². The summed E-state index contributed by atoms with van der Waals surface area (Å²) in [4.78, 5) is 2.42. The van der Waals surface area contributed by atoms with Gasteiger partial charge in [0.05, 0.1) is 0 Å². The van der Waals surface area contributed by atoms with Crippen LogP contribution in [0.2, 0.25) is 0 Å². The predicted molar refractivity (Wildman–Crippen MR) is 90.2 cm³/mol. The monoisotopic (exact) mass is 373 g/mol. The summed E-state index contributed by atoms with van der Waals surface area (Å²) in [7, 11) is -3.61. The van der Waals surface area contributed by atoms with Crippen molar-refractivity contribution >= 4 is 10.1 Å². The van der Waals surface area contributed by atoms with Crippen LogP contribution in [0.4, 0.5) is 13.2 Å². The van der Waals surface area contributed by atoms with Gasteiger partial charge in [0.25, 0.3) is 0 Å². The SMILES string of the molecule is CCCCCCCCCC=C1CCCN1C.O=S(=O)(O)C(F)(F)F. The van der Waals surface area contributed by atoms with Gasteiger partial charge in [0.1, 0.15) is 0 Å². The Morgan fingerprint density at radius 2 is 1.62 bits per heavy atom. The third-order valence-corrected chi connectivity index (χ3v) is 4.48. The number of unbranched alkanes of at least 4 members (excludes halogenated alkanes) is 7. The van der Waals surface area contributed by atoms with Crippen LogP contribution in [0, 0.1) is 0 Å². The normalized spacial score (nSPS) is 17.1. The zero-order valence-corrected chi connectivity index (χ0v) is 15.4. The molecule has 0 spiro atoms. The summed E-state index contributed by atoms with van der Waals surface area (Å²) in [6.07, 6.45) is 16.4. The number of rotatable bonds is 8. The van der Waals surface area contributed by atoms with Crippen molar-refractivity contribution in [3.05, 3.63) is 11.8 Å². The van der Waals surface area contributed by atoms with Crippen molar-refractivity contribution in [3.8, 4) is 0 Å². The molecule has 0 aromatic rings. The van der Waals surface area contributed by atoms with Crippen LogP contribution in [0.3, 0.4) is 0 Å². The molecule has 0 radical (unpaired) electrons. The van der Waals surface area contributed by atoms with Crippen molar-refractivity contribution in [1.29, 1.82) is 0 Å². The molecule has 0 amide bonds. The fourth-order valence-corrected chi connectivity index (χ4v) is 2.46. The summed E-state index contributed by atoms with van der Waals surface area (Å²) in [5.41, 5.74) is -3.95. The van der Waals surface area contributed by atoms with Gasteiger partial charge in [-0.3, -0.25) is 4.55 Å². The molecule has 1 aliphatic heterocycles. The predicted octanol–water partition coefficient (Wildman–Crippen LogP) is 5.13. The third kappa shape index (κ3) is 10.9. The Kier molecular flexibility index (Phi) is 11.4. The van der Waals surface area contributed by atoms with Crippen LogP contribution in [-0.4, -0.2) is 37.0 Å². The van der Waals surface area contributed by atoms with Gasteiger partial charge < -0.3 is 4.90 Å². The largest absolute Gasteiger partial charge is 0.522 e.